The lowest BCUT2D eigenvalue weighted by Gasteiger charge is -2.43. The van der Waals surface area contributed by atoms with Gasteiger partial charge in [0.05, 0.1) is 6.04 Å². The predicted octanol–water partition coefficient (Wildman–Crippen LogP) is 5.75. The highest BCUT2D eigenvalue weighted by atomic mass is 15.3. The molecule has 1 atom stereocenters. The highest BCUT2D eigenvalue weighted by Gasteiger charge is 2.30. The first-order valence-electron chi connectivity index (χ1n) is 12.3. The van der Waals surface area contributed by atoms with Gasteiger partial charge >= 0.3 is 0 Å². The average Bonchev–Trinajstić information content (AvgIpc) is 2.91. The number of hydrogen-bond donors (Lipinski definition) is 0. The molecule has 0 unspecified atom stereocenters. The van der Waals surface area contributed by atoms with Crippen molar-refractivity contribution >= 4 is 0 Å². The molecule has 1 aliphatic heterocycles. The van der Waals surface area contributed by atoms with Crippen LogP contribution in [0, 0.1) is 28.6 Å². The summed E-state index contributed by atoms with van der Waals surface area (Å²) in [6.45, 7) is 4.08. The van der Waals surface area contributed by atoms with Crippen LogP contribution in [0.3, 0.4) is 0 Å². The molecule has 2 aromatic carbocycles. The molecule has 0 saturated carbocycles. The maximum Gasteiger partial charge on any atom is 0.132 e. The monoisotopic (exact) mass is 446 g/mol. The minimum Gasteiger partial charge on any atom is -0.372 e. The van der Waals surface area contributed by atoms with Gasteiger partial charge < -0.3 is 4.90 Å². The van der Waals surface area contributed by atoms with E-state index in [1.807, 2.05) is 0 Å². The van der Waals surface area contributed by atoms with E-state index in [1.165, 1.54) is 22.4 Å². The number of allylic oxidation sites excluding steroid dienone is 6. The van der Waals surface area contributed by atoms with Crippen LogP contribution in [-0.4, -0.2) is 36.0 Å². The third-order valence-corrected chi connectivity index (χ3v) is 7.52. The molecule has 3 aliphatic rings. The molecule has 34 heavy (non-hydrogen) atoms. The number of piperazine rings is 1. The van der Waals surface area contributed by atoms with Crippen LogP contribution in [0.1, 0.15) is 42.9 Å². The van der Waals surface area contributed by atoms with E-state index in [4.69, 9.17) is 0 Å². The zero-order chi connectivity index (χ0) is 23.3. The van der Waals surface area contributed by atoms with Crippen molar-refractivity contribution < 1.29 is 0 Å². The molecule has 0 amide bonds. The van der Waals surface area contributed by atoms with Crippen molar-refractivity contribution in [2.45, 2.75) is 31.7 Å². The lowest BCUT2D eigenvalue weighted by Crippen LogP contribution is -2.47. The first-order valence-corrected chi connectivity index (χ1v) is 12.3. The molecule has 1 fully saturated rings. The van der Waals surface area contributed by atoms with Crippen LogP contribution in [0.2, 0.25) is 0 Å². The number of fused-ring (bicyclic) bond motifs is 1. The fraction of sp³-hybridized carbons (Fsp3) is 0.333. The van der Waals surface area contributed by atoms with E-state index in [0.29, 0.717) is 5.92 Å². The molecule has 4 heteroatoms. The summed E-state index contributed by atoms with van der Waals surface area (Å²) >= 11 is 0. The Morgan fingerprint density at radius 2 is 1.35 bits per heavy atom. The Labute approximate surface area is 202 Å². The van der Waals surface area contributed by atoms with Crippen LogP contribution in [0.25, 0.3) is 0 Å². The number of rotatable bonds is 4. The molecule has 1 saturated heterocycles. The van der Waals surface area contributed by atoms with Crippen LogP contribution >= 0.6 is 0 Å². The van der Waals surface area contributed by atoms with Gasteiger partial charge in [-0.05, 0) is 60.0 Å². The summed E-state index contributed by atoms with van der Waals surface area (Å²) in [6.07, 6.45) is 8.63. The minimum atomic E-state index is 0.271. The maximum absolute atomic E-state index is 9.28. The van der Waals surface area contributed by atoms with Gasteiger partial charge in [0.2, 0.25) is 0 Å². The number of benzene rings is 2. The van der Waals surface area contributed by atoms with E-state index in [1.54, 1.807) is 0 Å². The van der Waals surface area contributed by atoms with Gasteiger partial charge in [-0.2, -0.15) is 10.5 Å². The second-order valence-corrected chi connectivity index (χ2v) is 9.43. The molecular weight excluding hydrogens is 416 g/mol. The molecule has 0 N–H and O–H groups in total. The van der Waals surface area contributed by atoms with Crippen molar-refractivity contribution in [3.63, 3.8) is 0 Å². The van der Waals surface area contributed by atoms with E-state index < -0.39 is 0 Å². The summed E-state index contributed by atoms with van der Waals surface area (Å²) in [5, 5.41) is 18.6. The minimum absolute atomic E-state index is 0.271. The maximum atomic E-state index is 9.28. The molecule has 0 spiro atoms. The van der Waals surface area contributed by atoms with Crippen molar-refractivity contribution in [2.24, 2.45) is 5.92 Å². The Bertz CT molecular complexity index is 1130. The second-order valence-electron chi connectivity index (χ2n) is 9.43. The molecule has 2 aliphatic carbocycles. The quantitative estimate of drug-likeness (QED) is 0.561. The summed E-state index contributed by atoms with van der Waals surface area (Å²) in [5.74, 6) is 0.563. The van der Waals surface area contributed by atoms with Gasteiger partial charge in [-0.3, -0.25) is 4.90 Å². The molecule has 2 aromatic rings. The van der Waals surface area contributed by atoms with Gasteiger partial charge in [-0.15, -0.1) is 0 Å². The molecule has 1 heterocycles. The highest BCUT2D eigenvalue weighted by Crippen LogP contribution is 2.39. The molecular formula is C30H30N4. The normalized spacial score (nSPS) is 20.6. The summed E-state index contributed by atoms with van der Waals surface area (Å²) in [4.78, 5) is 5.16. The van der Waals surface area contributed by atoms with Crippen LogP contribution in [-0.2, 0) is 0 Å². The molecule has 0 radical (unpaired) electrons. The Morgan fingerprint density at radius 3 is 1.94 bits per heavy atom. The molecule has 5 rings (SSSR count). The van der Waals surface area contributed by atoms with E-state index in [9.17, 15) is 10.5 Å². The van der Waals surface area contributed by atoms with Gasteiger partial charge in [0.1, 0.15) is 17.7 Å². The highest BCUT2D eigenvalue weighted by molar-refractivity contribution is 5.49. The van der Waals surface area contributed by atoms with E-state index in [-0.39, 0.29) is 11.6 Å². The van der Waals surface area contributed by atoms with Gasteiger partial charge in [0.15, 0.2) is 0 Å². The van der Waals surface area contributed by atoms with Gasteiger partial charge in [0.25, 0.3) is 0 Å². The molecule has 0 aromatic heterocycles. The lowest BCUT2D eigenvalue weighted by molar-refractivity contribution is 0.127. The average molecular weight is 447 g/mol. The number of hydrogen-bond acceptors (Lipinski definition) is 4. The van der Waals surface area contributed by atoms with Gasteiger partial charge in [-0.25, -0.2) is 0 Å². The Morgan fingerprint density at radius 1 is 0.765 bits per heavy atom. The first kappa shape index (κ1) is 22.2. The predicted molar refractivity (Wildman–Crippen MR) is 134 cm³/mol. The van der Waals surface area contributed by atoms with Gasteiger partial charge in [0, 0.05) is 31.9 Å². The Hall–Kier alpha value is -3.60. The summed E-state index contributed by atoms with van der Waals surface area (Å²) in [6, 6.07) is 26.1. The topological polar surface area (TPSA) is 54.1 Å². The standard InChI is InChI=1S/C30H30N4/c31-21-28(22-32)26-12-11-23-13-14-29(20-27(23)19-26)33-15-17-34(18-16-33)30(24-7-3-1-4-8-24)25-9-5-2-6-10-25/h1-10,19-20,23,30H,11-18H2/t23-/m1/s1. The largest absolute Gasteiger partial charge is 0.372 e. The molecule has 0 bridgehead atoms. The van der Waals surface area contributed by atoms with Crippen molar-refractivity contribution in [1.29, 1.82) is 10.5 Å². The van der Waals surface area contributed by atoms with E-state index in [2.05, 4.69) is 94.8 Å². The zero-order valence-corrected chi connectivity index (χ0v) is 19.5. The van der Waals surface area contributed by atoms with Crippen molar-refractivity contribution in [3.05, 3.63) is 106 Å². The van der Waals surface area contributed by atoms with Crippen LogP contribution in [0.4, 0.5) is 0 Å². The first-order chi connectivity index (χ1) is 16.8. The molecule has 4 nitrogen and oxygen atoms in total. The van der Waals surface area contributed by atoms with E-state index in [0.717, 1.165) is 57.4 Å². The Kier molecular flexibility index (Phi) is 6.61. The van der Waals surface area contributed by atoms with Crippen molar-refractivity contribution in [1.82, 2.24) is 9.80 Å². The smallest absolute Gasteiger partial charge is 0.132 e. The third-order valence-electron chi connectivity index (χ3n) is 7.52. The van der Waals surface area contributed by atoms with Crippen molar-refractivity contribution in [3.8, 4) is 12.1 Å². The summed E-state index contributed by atoms with van der Waals surface area (Å²) in [7, 11) is 0. The number of nitrogens with zero attached hydrogens (tertiary/aromatic N) is 4. The summed E-state index contributed by atoms with van der Waals surface area (Å²) in [5.41, 5.74) is 6.59. The summed E-state index contributed by atoms with van der Waals surface area (Å²) < 4.78 is 0. The lowest BCUT2D eigenvalue weighted by atomic mass is 9.77. The van der Waals surface area contributed by atoms with Gasteiger partial charge in [-0.1, -0.05) is 66.7 Å². The van der Waals surface area contributed by atoms with Crippen LogP contribution in [0.15, 0.2) is 95.2 Å². The second kappa shape index (κ2) is 10.1. The van der Waals surface area contributed by atoms with Crippen LogP contribution < -0.4 is 0 Å². The van der Waals surface area contributed by atoms with Crippen LogP contribution in [0.5, 0.6) is 0 Å². The third kappa shape index (κ3) is 4.56. The molecule has 170 valence electrons. The van der Waals surface area contributed by atoms with E-state index >= 15 is 0 Å². The fourth-order valence-electron chi connectivity index (χ4n) is 5.71. The fourth-order valence-corrected chi connectivity index (χ4v) is 5.71. The van der Waals surface area contributed by atoms with Crippen molar-refractivity contribution in [2.75, 3.05) is 26.2 Å². The SMILES string of the molecule is N#CC(C#N)=C1C=C2C=C(N3CCN(C(c4ccccc4)c4ccccc4)CC3)CC[C@H]2CC1. The number of nitriles is 2. The zero-order valence-electron chi connectivity index (χ0n) is 19.5. The Balaban J connectivity index is 1.33.